The molecule has 4 N–H and O–H groups in total. The second-order valence-corrected chi connectivity index (χ2v) is 9.46. The van der Waals surface area contributed by atoms with Gasteiger partial charge in [-0.3, -0.25) is 9.63 Å². The molecule has 0 spiro atoms. The van der Waals surface area contributed by atoms with Gasteiger partial charge in [0.05, 0.1) is 7.11 Å². The topological polar surface area (TPSA) is 113 Å². The summed E-state index contributed by atoms with van der Waals surface area (Å²) in [7, 11) is 1.42. The van der Waals surface area contributed by atoms with Crippen LogP contribution in [0, 0.1) is 12.8 Å². The van der Waals surface area contributed by atoms with Crippen LogP contribution in [0.3, 0.4) is 0 Å². The molecule has 2 saturated carbocycles. The summed E-state index contributed by atoms with van der Waals surface area (Å²) in [4.78, 5) is 30.9. The fourth-order valence-electron chi connectivity index (χ4n) is 4.80. The Hall–Kier alpha value is -2.94. The number of carbonyl (C=O) groups is 1. The molecular weight excluding hydrogens is 430 g/mol. The van der Waals surface area contributed by atoms with Crippen LogP contribution in [-0.4, -0.2) is 40.6 Å². The van der Waals surface area contributed by atoms with Gasteiger partial charge in [-0.05, 0) is 56.2 Å². The number of carbonyl (C=O) groups excluding carboxylic acids is 1. The zero-order valence-electron chi connectivity index (χ0n) is 20.3. The summed E-state index contributed by atoms with van der Waals surface area (Å²) < 4.78 is 0. The molecule has 0 atom stereocenters. The third kappa shape index (κ3) is 6.79. The lowest BCUT2D eigenvalue weighted by atomic mass is 9.89. The van der Waals surface area contributed by atoms with Crippen LogP contribution in [0.4, 0.5) is 23.5 Å². The average Bonchev–Trinajstić information content (AvgIpc) is 2.85. The van der Waals surface area contributed by atoms with Crippen LogP contribution in [0.5, 0.6) is 0 Å². The minimum atomic E-state index is -0.310. The average molecular weight is 468 g/mol. The van der Waals surface area contributed by atoms with Crippen molar-refractivity contribution in [3.8, 4) is 0 Å². The number of nitrogens with one attached hydrogen (secondary N) is 4. The number of hydroxylamine groups is 1. The minimum Gasteiger partial charge on any atom is -0.354 e. The van der Waals surface area contributed by atoms with Crippen molar-refractivity contribution in [1.29, 1.82) is 0 Å². The summed E-state index contributed by atoms with van der Waals surface area (Å²) in [6.45, 7) is 2.85. The molecular formula is C25H37N7O2. The van der Waals surface area contributed by atoms with Crippen LogP contribution in [0.1, 0.15) is 80.1 Å². The largest absolute Gasteiger partial charge is 0.354 e. The molecule has 9 heteroatoms. The predicted octanol–water partition coefficient (Wildman–Crippen LogP) is 4.95. The van der Waals surface area contributed by atoms with Crippen LogP contribution in [0.25, 0.3) is 0 Å². The number of hydrogen-bond donors (Lipinski definition) is 4. The Kier molecular flexibility index (Phi) is 8.51. The summed E-state index contributed by atoms with van der Waals surface area (Å²) in [5.41, 5.74) is 4.58. The first-order valence-electron chi connectivity index (χ1n) is 12.6. The van der Waals surface area contributed by atoms with E-state index in [4.69, 9.17) is 4.84 Å². The summed E-state index contributed by atoms with van der Waals surface area (Å²) in [6.07, 6.45) is 12.5. The maximum absolute atomic E-state index is 12.2. The smallest absolute Gasteiger partial charge is 0.274 e. The van der Waals surface area contributed by atoms with E-state index < -0.39 is 0 Å². The van der Waals surface area contributed by atoms with Crippen molar-refractivity contribution in [3.05, 3.63) is 29.3 Å². The highest BCUT2D eigenvalue weighted by Gasteiger charge is 2.18. The molecule has 4 rings (SSSR count). The number of rotatable bonds is 9. The molecule has 1 amide bonds. The number of amides is 1. The summed E-state index contributed by atoms with van der Waals surface area (Å²) >= 11 is 0. The van der Waals surface area contributed by atoms with E-state index in [0.29, 0.717) is 35.4 Å². The number of benzene rings is 1. The molecule has 0 unspecified atom stereocenters. The van der Waals surface area contributed by atoms with Crippen molar-refractivity contribution >= 4 is 29.4 Å². The first-order chi connectivity index (χ1) is 16.6. The Morgan fingerprint density at radius 2 is 1.62 bits per heavy atom. The fourth-order valence-corrected chi connectivity index (χ4v) is 4.80. The lowest BCUT2D eigenvalue weighted by Crippen LogP contribution is -2.25. The van der Waals surface area contributed by atoms with Crippen LogP contribution in [0.15, 0.2) is 18.2 Å². The highest BCUT2D eigenvalue weighted by Crippen LogP contribution is 2.26. The number of aryl methyl sites for hydroxylation is 1. The Labute approximate surface area is 201 Å². The molecule has 1 aromatic carbocycles. The maximum atomic E-state index is 12.2. The third-order valence-corrected chi connectivity index (χ3v) is 6.79. The maximum Gasteiger partial charge on any atom is 0.274 e. The van der Waals surface area contributed by atoms with Crippen molar-refractivity contribution in [2.45, 2.75) is 77.2 Å². The van der Waals surface area contributed by atoms with Gasteiger partial charge < -0.3 is 16.0 Å². The van der Waals surface area contributed by atoms with E-state index in [9.17, 15) is 4.79 Å². The second-order valence-electron chi connectivity index (χ2n) is 9.46. The predicted molar refractivity (Wildman–Crippen MR) is 134 cm³/mol. The molecule has 34 heavy (non-hydrogen) atoms. The lowest BCUT2D eigenvalue weighted by molar-refractivity contribution is 0.0537. The van der Waals surface area contributed by atoms with Gasteiger partial charge in [0.1, 0.15) is 0 Å². The van der Waals surface area contributed by atoms with Gasteiger partial charge in [0, 0.05) is 23.8 Å². The zero-order chi connectivity index (χ0) is 23.8. The van der Waals surface area contributed by atoms with Gasteiger partial charge in [-0.2, -0.15) is 15.0 Å². The number of hydrogen-bond acceptors (Lipinski definition) is 8. The van der Waals surface area contributed by atoms with Gasteiger partial charge in [-0.25, -0.2) is 5.48 Å². The van der Waals surface area contributed by atoms with Crippen LogP contribution in [0.2, 0.25) is 0 Å². The fraction of sp³-hybridized carbons (Fsp3) is 0.600. The Balaban J connectivity index is 1.54. The molecule has 2 fully saturated rings. The van der Waals surface area contributed by atoms with Crippen molar-refractivity contribution in [2.75, 3.05) is 29.6 Å². The molecule has 0 aliphatic heterocycles. The Morgan fingerprint density at radius 1 is 0.941 bits per heavy atom. The van der Waals surface area contributed by atoms with Gasteiger partial charge in [0.2, 0.25) is 17.8 Å². The molecule has 0 bridgehead atoms. The third-order valence-electron chi connectivity index (χ3n) is 6.79. The number of aromatic nitrogens is 3. The molecule has 1 heterocycles. The van der Waals surface area contributed by atoms with Crippen molar-refractivity contribution in [1.82, 2.24) is 20.4 Å². The summed E-state index contributed by atoms with van der Waals surface area (Å²) in [5, 5.41) is 10.3. The molecule has 2 aliphatic rings. The molecule has 2 aliphatic carbocycles. The van der Waals surface area contributed by atoms with Crippen molar-refractivity contribution in [3.63, 3.8) is 0 Å². The summed E-state index contributed by atoms with van der Waals surface area (Å²) in [6, 6.07) is 5.81. The quantitative estimate of drug-likeness (QED) is 0.383. The Bertz CT molecular complexity index is 956. The first kappa shape index (κ1) is 24.2. The Morgan fingerprint density at radius 3 is 2.35 bits per heavy atom. The van der Waals surface area contributed by atoms with E-state index in [1.54, 1.807) is 12.1 Å². The number of nitrogens with zero attached hydrogens (tertiary/aromatic N) is 3. The monoisotopic (exact) mass is 467 g/mol. The van der Waals surface area contributed by atoms with Crippen LogP contribution >= 0.6 is 0 Å². The van der Waals surface area contributed by atoms with Gasteiger partial charge in [0.25, 0.3) is 5.91 Å². The van der Waals surface area contributed by atoms with Gasteiger partial charge >= 0.3 is 0 Å². The van der Waals surface area contributed by atoms with E-state index >= 15 is 0 Å². The highest BCUT2D eigenvalue weighted by atomic mass is 16.6. The molecule has 9 nitrogen and oxygen atoms in total. The van der Waals surface area contributed by atoms with Crippen molar-refractivity contribution < 1.29 is 9.63 Å². The standard InChI is InChI=1S/C25H37N7O2/c1-17-13-14-19(22(33)32-34-2)15-21(17)28-25-30-23(26-16-18-9-5-3-6-10-18)29-24(31-25)27-20-11-7-4-8-12-20/h13-15,18,20H,3-12,16H2,1-2H3,(H,32,33)(H3,26,27,28,29,30,31). The van der Waals surface area contributed by atoms with E-state index in [-0.39, 0.29) is 5.91 Å². The molecule has 0 saturated heterocycles. The van der Waals surface area contributed by atoms with Gasteiger partial charge in [-0.15, -0.1) is 0 Å². The molecule has 0 radical (unpaired) electrons. The van der Waals surface area contributed by atoms with Gasteiger partial charge in [-0.1, -0.05) is 44.6 Å². The molecule has 2 aromatic rings. The lowest BCUT2D eigenvalue weighted by Gasteiger charge is -2.24. The van der Waals surface area contributed by atoms with Crippen LogP contribution in [-0.2, 0) is 4.84 Å². The van der Waals surface area contributed by atoms with E-state index in [1.807, 2.05) is 13.0 Å². The van der Waals surface area contributed by atoms with E-state index in [1.165, 1.54) is 58.5 Å². The van der Waals surface area contributed by atoms with E-state index in [0.717, 1.165) is 30.6 Å². The van der Waals surface area contributed by atoms with E-state index in [2.05, 4.69) is 36.4 Å². The zero-order valence-corrected chi connectivity index (χ0v) is 20.3. The second kappa shape index (κ2) is 12.0. The molecule has 1 aromatic heterocycles. The SMILES string of the molecule is CONC(=O)c1ccc(C)c(Nc2nc(NCC3CCCCC3)nc(NC3CCCCC3)n2)c1. The highest BCUT2D eigenvalue weighted by molar-refractivity contribution is 5.94. The van der Waals surface area contributed by atoms with Crippen LogP contribution < -0.4 is 21.4 Å². The summed E-state index contributed by atoms with van der Waals surface area (Å²) in [5.74, 6) is 1.96. The normalized spacial score (nSPS) is 17.2. The first-order valence-corrected chi connectivity index (χ1v) is 12.6. The molecule has 184 valence electrons. The number of anilines is 4. The van der Waals surface area contributed by atoms with Gasteiger partial charge in [0.15, 0.2) is 0 Å². The van der Waals surface area contributed by atoms with Crippen molar-refractivity contribution in [2.24, 2.45) is 5.92 Å². The minimum absolute atomic E-state index is 0.310.